The van der Waals surface area contributed by atoms with Crippen LogP contribution < -0.4 is 10.6 Å². The van der Waals surface area contributed by atoms with Crippen molar-refractivity contribution in [1.82, 2.24) is 10.2 Å². The number of nitrogens with one attached hydrogen (secondary N) is 1. The van der Waals surface area contributed by atoms with Crippen molar-refractivity contribution in [3.63, 3.8) is 0 Å². The van der Waals surface area contributed by atoms with Crippen LogP contribution in [-0.2, 0) is 6.42 Å². The molecule has 4 heteroatoms. The van der Waals surface area contributed by atoms with Crippen LogP contribution in [0.25, 0.3) is 0 Å². The molecule has 1 aromatic carbocycles. The number of aryl methyl sites for hydroxylation is 1. The second kappa shape index (κ2) is 13.8. The van der Waals surface area contributed by atoms with Gasteiger partial charge in [0.1, 0.15) is 0 Å². The van der Waals surface area contributed by atoms with E-state index < -0.39 is 0 Å². The number of unbranched alkanes of at least 4 members (excludes halogenated alkanes) is 2. The lowest BCUT2D eigenvalue weighted by Crippen LogP contribution is -2.31. The Morgan fingerprint density at radius 1 is 1.12 bits per heavy atom. The SMILES string of the molecule is C#C.CCCCCN(CCC)CCCc1ccc(P)c(C(=O)NCC2CC3CC3=C2C)c1. The van der Waals surface area contributed by atoms with Crippen LogP contribution in [0, 0.1) is 24.7 Å². The summed E-state index contributed by atoms with van der Waals surface area (Å²) in [5.41, 5.74) is 5.29. The molecule has 1 N–H and O–H groups in total. The van der Waals surface area contributed by atoms with E-state index in [9.17, 15) is 4.79 Å². The Bertz CT molecular complexity index is 798. The first-order chi connectivity index (χ1) is 15.5. The summed E-state index contributed by atoms with van der Waals surface area (Å²) in [7, 11) is 2.73. The van der Waals surface area contributed by atoms with Crippen LogP contribution in [0.2, 0.25) is 0 Å². The number of benzene rings is 1. The number of hydrogen-bond acceptors (Lipinski definition) is 2. The van der Waals surface area contributed by atoms with Crippen molar-refractivity contribution < 1.29 is 4.79 Å². The van der Waals surface area contributed by atoms with Crippen molar-refractivity contribution in [2.75, 3.05) is 26.2 Å². The highest BCUT2D eigenvalue weighted by Gasteiger charge is 2.41. The second-order valence-electron chi connectivity index (χ2n) is 9.33. The summed E-state index contributed by atoms with van der Waals surface area (Å²) in [6, 6.07) is 6.37. The van der Waals surface area contributed by atoms with Gasteiger partial charge >= 0.3 is 0 Å². The van der Waals surface area contributed by atoms with Gasteiger partial charge in [0.05, 0.1) is 0 Å². The van der Waals surface area contributed by atoms with E-state index in [0.717, 1.165) is 42.7 Å². The summed E-state index contributed by atoms with van der Waals surface area (Å²) in [5.74, 6) is 1.46. The van der Waals surface area contributed by atoms with E-state index in [1.165, 1.54) is 62.8 Å². The fraction of sp³-hybridized carbons (Fsp3) is 0.607. The van der Waals surface area contributed by atoms with Gasteiger partial charge in [-0.15, -0.1) is 22.1 Å². The minimum atomic E-state index is 0.0763. The smallest absolute Gasteiger partial charge is 0.251 e. The molecule has 0 radical (unpaired) electrons. The molecule has 0 heterocycles. The predicted molar refractivity (Wildman–Crippen MR) is 142 cm³/mol. The van der Waals surface area contributed by atoms with E-state index in [1.54, 1.807) is 5.57 Å². The van der Waals surface area contributed by atoms with Gasteiger partial charge in [0.15, 0.2) is 0 Å². The molecular weight excluding hydrogens is 411 g/mol. The average molecular weight is 455 g/mol. The van der Waals surface area contributed by atoms with Crippen molar-refractivity contribution in [1.29, 1.82) is 0 Å². The number of carbonyl (C=O) groups is 1. The molecule has 3 atom stereocenters. The Kier molecular flexibility index (Phi) is 11.5. The van der Waals surface area contributed by atoms with Crippen LogP contribution in [0.4, 0.5) is 0 Å². The van der Waals surface area contributed by atoms with Gasteiger partial charge in [-0.2, -0.15) is 0 Å². The third kappa shape index (κ3) is 7.75. The minimum absolute atomic E-state index is 0.0763. The van der Waals surface area contributed by atoms with Gasteiger partial charge in [-0.3, -0.25) is 4.79 Å². The van der Waals surface area contributed by atoms with Crippen LogP contribution in [0.15, 0.2) is 29.3 Å². The van der Waals surface area contributed by atoms with Crippen LogP contribution >= 0.6 is 9.24 Å². The molecule has 1 fully saturated rings. The summed E-state index contributed by atoms with van der Waals surface area (Å²) < 4.78 is 0. The number of fused-ring (bicyclic) bond motifs is 1. The second-order valence-corrected chi connectivity index (χ2v) is 9.95. The van der Waals surface area contributed by atoms with Crippen molar-refractivity contribution in [3.8, 4) is 12.8 Å². The molecule has 1 amide bonds. The summed E-state index contributed by atoms with van der Waals surface area (Å²) in [6.07, 6.45) is 17.9. The maximum Gasteiger partial charge on any atom is 0.251 e. The lowest BCUT2D eigenvalue weighted by Gasteiger charge is -2.21. The topological polar surface area (TPSA) is 32.3 Å². The Morgan fingerprint density at radius 3 is 2.53 bits per heavy atom. The molecule has 0 bridgehead atoms. The van der Waals surface area contributed by atoms with E-state index in [-0.39, 0.29) is 5.91 Å². The molecule has 0 spiro atoms. The fourth-order valence-electron chi connectivity index (χ4n) is 4.94. The highest BCUT2D eigenvalue weighted by atomic mass is 31.0. The molecule has 1 aromatic rings. The Balaban J connectivity index is 0.00000176. The lowest BCUT2D eigenvalue weighted by atomic mass is 9.99. The van der Waals surface area contributed by atoms with Gasteiger partial charge in [-0.05, 0) is 93.9 Å². The zero-order valence-electron chi connectivity index (χ0n) is 20.5. The quantitative estimate of drug-likeness (QED) is 0.188. The number of amides is 1. The summed E-state index contributed by atoms with van der Waals surface area (Å²) in [4.78, 5) is 15.4. The lowest BCUT2D eigenvalue weighted by molar-refractivity contribution is 0.0950. The zero-order chi connectivity index (χ0) is 23.5. The van der Waals surface area contributed by atoms with E-state index in [1.807, 2.05) is 0 Å². The van der Waals surface area contributed by atoms with Gasteiger partial charge in [-0.1, -0.05) is 50.0 Å². The molecule has 3 rings (SSSR count). The Labute approximate surface area is 199 Å². The molecule has 176 valence electrons. The zero-order valence-corrected chi connectivity index (χ0v) is 21.6. The maximum atomic E-state index is 12.8. The first kappa shape index (κ1) is 26.6. The normalized spacial score (nSPS) is 18.8. The molecular formula is C28H43N2OP. The fourth-order valence-corrected chi connectivity index (χ4v) is 5.26. The van der Waals surface area contributed by atoms with Gasteiger partial charge in [0.25, 0.3) is 5.91 Å². The van der Waals surface area contributed by atoms with E-state index in [4.69, 9.17) is 0 Å². The van der Waals surface area contributed by atoms with Crippen LogP contribution in [-0.4, -0.2) is 37.0 Å². The van der Waals surface area contributed by atoms with Crippen LogP contribution in [0.3, 0.4) is 0 Å². The van der Waals surface area contributed by atoms with E-state index in [2.05, 4.69) is 71.3 Å². The Hall–Kier alpha value is -1.62. The molecule has 0 saturated heterocycles. The molecule has 3 unspecified atom stereocenters. The number of terminal acetylenes is 1. The summed E-state index contributed by atoms with van der Waals surface area (Å²) in [5, 5.41) is 4.20. The van der Waals surface area contributed by atoms with Gasteiger partial charge in [0.2, 0.25) is 0 Å². The number of nitrogens with zero attached hydrogens (tertiary/aromatic N) is 1. The number of carbonyl (C=O) groups excluding carboxylic acids is 1. The average Bonchev–Trinajstić information content (AvgIpc) is 3.51. The van der Waals surface area contributed by atoms with E-state index >= 15 is 0 Å². The van der Waals surface area contributed by atoms with Crippen molar-refractivity contribution in [3.05, 3.63) is 40.5 Å². The van der Waals surface area contributed by atoms with Gasteiger partial charge < -0.3 is 10.2 Å². The monoisotopic (exact) mass is 454 g/mol. The molecule has 3 nitrogen and oxygen atoms in total. The highest BCUT2D eigenvalue weighted by Crippen LogP contribution is 2.53. The van der Waals surface area contributed by atoms with E-state index in [0.29, 0.717) is 5.92 Å². The van der Waals surface area contributed by atoms with Gasteiger partial charge in [0, 0.05) is 12.1 Å². The van der Waals surface area contributed by atoms with Crippen molar-refractivity contribution >= 4 is 20.5 Å². The number of allylic oxidation sites excluding steroid dienone is 1. The van der Waals surface area contributed by atoms with Crippen molar-refractivity contribution in [2.24, 2.45) is 11.8 Å². The molecule has 0 aliphatic heterocycles. The van der Waals surface area contributed by atoms with Crippen LogP contribution in [0.1, 0.15) is 81.6 Å². The molecule has 2 aliphatic rings. The third-order valence-electron chi connectivity index (χ3n) is 6.92. The third-order valence-corrected chi connectivity index (χ3v) is 7.42. The summed E-state index contributed by atoms with van der Waals surface area (Å²) in [6.45, 7) is 11.1. The molecule has 2 aliphatic carbocycles. The minimum Gasteiger partial charge on any atom is -0.351 e. The van der Waals surface area contributed by atoms with Crippen LogP contribution in [0.5, 0.6) is 0 Å². The standard InChI is InChI=1S/C26H41N2OP.C2H2/c1-4-6-7-13-28(12-5-2)14-8-9-20-10-11-25(30)24(15-20)26(29)27-18-22-16-21-17-23(21)19(22)3;1-2/h10-11,15,21-22H,4-9,12-14,16-18,30H2,1-3H3,(H,27,29);1-2H. The highest BCUT2D eigenvalue weighted by molar-refractivity contribution is 7.27. The molecule has 32 heavy (non-hydrogen) atoms. The summed E-state index contributed by atoms with van der Waals surface area (Å²) >= 11 is 0. The van der Waals surface area contributed by atoms with Gasteiger partial charge in [-0.25, -0.2) is 0 Å². The number of rotatable bonds is 13. The number of hydrogen-bond donors (Lipinski definition) is 1. The first-order valence-electron chi connectivity index (χ1n) is 12.4. The molecule has 0 aromatic heterocycles. The largest absolute Gasteiger partial charge is 0.351 e. The van der Waals surface area contributed by atoms with Crippen molar-refractivity contribution in [2.45, 2.75) is 72.1 Å². The predicted octanol–water partition coefficient (Wildman–Crippen LogP) is 5.36. The Morgan fingerprint density at radius 2 is 1.88 bits per heavy atom. The maximum absolute atomic E-state index is 12.8. The first-order valence-corrected chi connectivity index (χ1v) is 13.0. The molecule has 1 saturated carbocycles.